The van der Waals surface area contributed by atoms with Crippen molar-refractivity contribution in [1.82, 2.24) is 4.98 Å². The topological polar surface area (TPSA) is 54.0 Å². The number of hydrogen-bond acceptors (Lipinski definition) is 3. The van der Waals surface area contributed by atoms with Gasteiger partial charge in [0.25, 0.3) is 0 Å². The highest BCUT2D eigenvalue weighted by atomic mass is 32.1. The molecule has 2 amide bonds. The van der Waals surface area contributed by atoms with Gasteiger partial charge in [-0.3, -0.25) is 5.32 Å². The summed E-state index contributed by atoms with van der Waals surface area (Å²) >= 11 is 1.41. The Balaban J connectivity index is 1.69. The van der Waals surface area contributed by atoms with Gasteiger partial charge in [0.15, 0.2) is 5.13 Å². The van der Waals surface area contributed by atoms with Crippen LogP contribution < -0.4 is 10.6 Å². The fraction of sp³-hybridized carbons (Fsp3) is 0.111. The number of benzene rings is 2. The van der Waals surface area contributed by atoms with Gasteiger partial charge in [0.2, 0.25) is 0 Å². The molecule has 3 aromatic rings. The first-order valence-electron chi connectivity index (χ1n) is 7.28. The van der Waals surface area contributed by atoms with Crippen LogP contribution in [0.25, 0.3) is 11.3 Å². The van der Waals surface area contributed by atoms with E-state index in [1.54, 1.807) is 0 Å². The van der Waals surface area contributed by atoms with Crippen molar-refractivity contribution in [3.63, 3.8) is 0 Å². The summed E-state index contributed by atoms with van der Waals surface area (Å²) in [7, 11) is 0. The largest absolute Gasteiger partial charge is 0.325 e. The Bertz CT molecular complexity index is 827. The van der Waals surface area contributed by atoms with Gasteiger partial charge in [0.05, 0.1) is 5.69 Å². The van der Waals surface area contributed by atoms with Crippen LogP contribution in [0.3, 0.4) is 0 Å². The average molecular weight is 323 g/mol. The second-order valence-electron chi connectivity index (χ2n) is 5.28. The van der Waals surface area contributed by atoms with Gasteiger partial charge >= 0.3 is 6.03 Å². The number of nitrogens with one attached hydrogen (secondary N) is 2. The number of anilines is 2. The van der Waals surface area contributed by atoms with Crippen molar-refractivity contribution >= 4 is 28.2 Å². The van der Waals surface area contributed by atoms with Gasteiger partial charge in [-0.15, -0.1) is 11.3 Å². The molecular weight excluding hydrogens is 306 g/mol. The Morgan fingerprint density at radius 2 is 1.78 bits per heavy atom. The van der Waals surface area contributed by atoms with E-state index in [0.717, 1.165) is 16.9 Å². The summed E-state index contributed by atoms with van der Waals surface area (Å²) in [5.41, 5.74) is 5.15. The molecule has 1 heterocycles. The quantitative estimate of drug-likeness (QED) is 0.707. The lowest BCUT2D eigenvalue weighted by molar-refractivity contribution is 0.262. The second kappa shape index (κ2) is 6.62. The highest BCUT2D eigenvalue weighted by molar-refractivity contribution is 7.14. The molecule has 5 heteroatoms. The predicted molar refractivity (Wildman–Crippen MR) is 96.1 cm³/mol. The summed E-state index contributed by atoms with van der Waals surface area (Å²) in [5.74, 6) is 0. The maximum absolute atomic E-state index is 12.0. The summed E-state index contributed by atoms with van der Waals surface area (Å²) in [6, 6.07) is 15.3. The summed E-state index contributed by atoms with van der Waals surface area (Å²) in [6.07, 6.45) is 0. The number of rotatable bonds is 3. The third kappa shape index (κ3) is 3.76. The molecule has 0 aliphatic rings. The fourth-order valence-electron chi connectivity index (χ4n) is 2.15. The summed E-state index contributed by atoms with van der Waals surface area (Å²) < 4.78 is 0. The average Bonchev–Trinajstić information content (AvgIpc) is 2.99. The molecule has 0 saturated heterocycles. The molecule has 2 aromatic carbocycles. The van der Waals surface area contributed by atoms with Crippen LogP contribution in [0, 0.1) is 13.8 Å². The third-order valence-corrected chi connectivity index (χ3v) is 4.32. The summed E-state index contributed by atoms with van der Waals surface area (Å²) in [6.45, 7) is 4.17. The Morgan fingerprint density at radius 3 is 2.52 bits per heavy atom. The van der Waals surface area contributed by atoms with E-state index in [1.165, 1.54) is 22.5 Å². The first kappa shape index (κ1) is 15.2. The minimum absolute atomic E-state index is 0.294. The van der Waals surface area contributed by atoms with E-state index in [9.17, 15) is 4.79 Å². The minimum atomic E-state index is -0.294. The number of amides is 2. The van der Waals surface area contributed by atoms with E-state index in [-0.39, 0.29) is 6.03 Å². The van der Waals surface area contributed by atoms with E-state index < -0.39 is 0 Å². The van der Waals surface area contributed by atoms with Crippen LogP contribution in [-0.2, 0) is 0 Å². The van der Waals surface area contributed by atoms with Gasteiger partial charge in [-0.25, -0.2) is 9.78 Å². The molecule has 116 valence electrons. The van der Waals surface area contributed by atoms with Crippen molar-refractivity contribution in [1.29, 1.82) is 0 Å². The smallest absolute Gasteiger partial charge is 0.308 e. The first-order valence-corrected chi connectivity index (χ1v) is 8.16. The highest BCUT2D eigenvalue weighted by Crippen LogP contribution is 2.26. The Morgan fingerprint density at radius 1 is 1.00 bits per heavy atom. The number of thiazole rings is 1. The van der Waals surface area contributed by atoms with E-state index in [2.05, 4.69) is 41.6 Å². The van der Waals surface area contributed by atoms with E-state index in [1.807, 2.05) is 41.8 Å². The van der Waals surface area contributed by atoms with E-state index in [0.29, 0.717) is 5.13 Å². The van der Waals surface area contributed by atoms with Gasteiger partial charge in [-0.05, 0) is 43.2 Å². The van der Waals surface area contributed by atoms with Crippen LogP contribution in [0.4, 0.5) is 15.6 Å². The second-order valence-corrected chi connectivity index (χ2v) is 6.14. The van der Waals surface area contributed by atoms with Gasteiger partial charge < -0.3 is 5.32 Å². The summed E-state index contributed by atoms with van der Waals surface area (Å²) in [5, 5.41) is 8.06. The molecule has 0 aliphatic carbocycles. The van der Waals surface area contributed by atoms with Crippen LogP contribution in [0.15, 0.2) is 53.9 Å². The zero-order chi connectivity index (χ0) is 16.2. The molecule has 0 saturated carbocycles. The SMILES string of the molecule is Cc1ccc(-c2csc(NC(=O)Nc3ccccc3)n2)cc1C. The number of aromatic nitrogens is 1. The van der Waals surface area contributed by atoms with Crippen molar-refractivity contribution < 1.29 is 4.79 Å². The summed E-state index contributed by atoms with van der Waals surface area (Å²) in [4.78, 5) is 16.5. The van der Waals surface area contributed by atoms with Crippen LogP contribution in [0.1, 0.15) is 11.1 Å². The normalized spacial score (nSPS) is 10.3. The van der Waals surface area contributed by atoms with Gasteiger partial charge in [-0.2, -0.15) is 0 Å². The highest BCUT2D eigenvalue weighted by Gasteiger charge is 2.08. The number of para-hydroxylation sites is 1. The van der Waals surface area contributed by atoms with E-state index >= 15 is 0 Å². The lowest BCUT2D eigenvalue weighted by Crippen LogP contribution is -2.19. The maximum Gasteiger partial charge on any atom is 0.325 e. The number of nitrogens with zero attached hydrogens (tertiary/aromatic N) is 1. The van der Waals surface area contributed by atoms with Gasteiger partial charge in [0.1, 0.15) is 0 Å². The number of aryl methyl sites for hydroxylation is 2. The maximum atomic E-state index is 12.0. The lowest BCUT2D eigenvalue weighted by atomic mass is 10.1. The zero-order valence-corrected chi connectivity index (χ0v) is 13.8. The molecule has 0 atom stereocenters. The minimum Gasteiger partial charge on any atom is -0.308 e. The number of carbonyl (C=O) groups excluding carboxylic acids is 1. The molecule has 23 heavy (non-hydrogen) atoms. The zero-order valence-electron chi connectivity index (χ0n) is 13.0. The Hall–Kier alpha value is -2.66. The fourth-order valence-corrected chi connectivity index (χ4v) is 2.86. The predicted octanol–water partition coefficient (Wildman–Crippen LogP) is 5.07. The molecule has 0 fully saturated rings. The lowest BCUT2D eigenvalue weighted by Gasteiger charge is -2.05. The molecule has 0 spiro atoms. The molecule has 2 N–H and O–H groups in total. The standard InChI is InChI=1S/C18H17N3OS/c1-12-8-9-14(10-13(12)2)16-11-23-18(20-16)21-17(22)19-15-6-4-3-5-7-15/h3-11H,1-2H3,(H2,19,20,21,22). The van der Waals surface area contributed by atoms with Crippen LogP contribution in [-0.4, -0.2) is 11.0 Å². The first-order chi connectivity index (χ1) is 11.1. The molecule has 4 nitrogen and oxygen atoms in total. The Kier molecular flexibility index (Phi) is 4.39. The molecule has 0 radical (unpaired) electrons. The number of hydrogen-bond donors (Lipinski definition) is 2. The van der Waals surface area contributed by atoms with Crippen molar-refractivity contribution in [3.05, 3.63) is 65.0 Å². The van der Waals surface area contributed by atoms with E-state index in [4.69, 9.17) is 0 Å². The Labute approximate surface area is 139 Å². The van der Waals surface area contributed by atoms with Crippen molar-refractivity contribution in [2.24, 2.45) is 0 Å². The molecule has 0 aliphatic heterocycles. The number of urea groups is 1. The van der Waals surface area contributed by atoms with Crippen molar-refractivity contribution in [2.75, 3.05) is 10.6 Å². The molecule has 0 unspecified atom stereocenters. The van der Waals surface area contributed by atoms with Gasteiger partial charge in [0, 0.05) is 16.6 Å². The van der Waals surface area contributed by atoms with Crippen molar-refractivity contribution in [2.45, 2.75) is 13.8 Å². The van der Waals surface area contributed by atoms with Crippen molar-refractivity contribution in [3.8, 4) is 11.3 Å². The van der Waals surface area contributed by atoms with Crippen LogP contribution in [0.5, 0.6) is 0 Å². The monoisotopic (exact) mass is 323 g/mol. The molecule has 3 rings (SSSR count). The van der Waals surface area contributed by atoms with Gasteiger partial charge in [-0.1, -0.05) is 30.3 Å². The van der Waals surface area contributed by atoms with Crippen LogP contribution in [0.2, 0.25) is 0 Å². The third-order valence-electron chi connectivity index (χ3n) is 3.56. The molecular formula is C18H17N3OS. The van der Waals surface area contributed by atoms with Crippen LogP contribution >= 0.6 is 11.3 Å². The molecule has 1 aromatic heterocycles. The molecule has 0 bridgehead atoms. The number of carbonyl (C=O) groups is 1.